The summed E-state index contributed by atoms with van der Waals surface area (Å²) >= 11 is 6.97. The summed E-state index contributed by atoms with van der Waals surface area (Å²) in [7, 11) is 0. The molecule has 0 fully saturated rings. The Morgan fingerprint density at radius 2 is 2.22 bits per heavy atom. The fourth-order valence-corrected chi connectivity index (χ4v) is 2.58. The Bertz CT molecular complexity index is 774. The highest BCUT2D eigenvalue weighted by atomic mass is 35.5. The number of aromatic nitrogens is 5. The fourth-order valence-electron chi connectivity index (χ4n) is 1.72. The van der Waals surface area contributed by atoms with Gasteiger partial charge in [0.05, 0.1) is 12.2 Å². The van der Waals surface area contributed by atoms with Gasteiger partial charge in [-0.1, -0.05) is 11.3 Å². The average Bonchev–Trinajstić information content (AvgIpc) is 2.89. The van der Waals surface area contributed by atoms with Gasteiger partial charge in [-0.2, -0.15) is 5.10 Å². The van der Waals surface area contributed by atoms with Crippen molar-refractivity contribution in [1.29, 1.82) is 0 Å². The molecule has 0 bridgehead atoms. The molecule has 3 aromatic heterocycles. The minimum atomic E-state index is -0.107. The summed E-state index contributed by atoms with van der Waals surface area (Å²) in [5, 5.41) is 12.5. The molecule has 3 heterocycles. The van der Waals surface area contributed by atoms with Gasteiger partial charge in [0.25, 0.3) is 5.56 Å². The predicted molar refractivity (Wildman–Crippen MR) is 68.2 cm³/mol. The number of hydrogen-bond donors (Lipinski definition) is 0. The minimum absolute atomic E-state index is 0.107. The van der Waals surface area contributed by atoms with E-state index >= 15 is 0 Å². The first-order valence-corrected chi connectivity index (χ1v) is 6.36. The second-order valence-corrected chi connectivity index (χ2v) is 5.44. The molecule has 8 heteroatoms. The van der Waals surface area contributed by atoms with E-state index in [0.717, 1.165) is 5.69 Å². The molecule has 3 aromatic rings. The summed E-state index contributed by atoms with van der Waals surface area (Å²) in [6.45, 7) is 2.21. The van der Waals surface area contributed by atoms with Gasteiger partial charge in [0.2, 0.25) is 4.47 Å². The highest BCUT2D eigenvalue weighted by molar-refractivity contribution is 7.15. The summed E-state index contributed by atoms with van der Waals surface area (Å²) in [4.78, 5) is 12.2. The van der Waals surface area contributed by atoms with Gasteiger partial charge in [-0.15, -0.1) is 10.2 Å². The lowest BCUT2D eigenvalue weighted by Gasteiger charge is -2.02. The lowest BCUT2D eigenvalue weighted by Crippen LogP contribution is -2.21. The third kappa shape index (κ3) is 1.91. The molecule has 92 valence electrons. The molecular formula is C10H8ClN5OS. The van der Waals surface area contributed by atoms with Crippen LogP contribution in [0.5, 0.6) is 0 Å². The predicted octanol–water partition coefficient (Wildman–Crippen LogP) is 1.36. The quantitative estimate of drug-likeness (QED) is 0.711. The Balaban J connectivity index is 2.07. The first kappa shape index (κ1) is 11.4. The molecule has 6 nitrogen and oxygen atoms in total. The SMILES string of the molecule is Cc1cc2c(=O)n(Cc3nnc(Cl)s3)ccn2n1. The van der Waals surface area contributed by atoms with Crippen molar-refractivity contribution in [2.45, 2.75) is 13.5 Å². The molecule has 0 spiro atoms. The van der Waals surface area contributed by atoms with Crippen LogP contribution in [0.25, 0.3) is 5.52 Å². The largest absolute Gasteiger partial charge is 0.305 e. The summed E-state index contributed by atoms with van der Waals surface area (Å²) in [6, 6.07) is 1.76. The highest BCUT2D eigenvalue weighted by Crippen LogP contribution is 2.15. The van der Waals surface area contributed by atoms with Crippen LogP contribution in [-0.2, 0) is 6.54 Å². The molecule has 0 atom stereocenters. The Morgan fingerprint density at radius 3 is 2.94 bits per heavy atom. The van der Waals surface area contributed by atoms with Gasteiger partial charge in [0, 0.05) is 12.4 Å². The lowest BCUT2D eigenvalue weighted by atomic mass is 10.4. The van der Waals surface area contributed by atoms with Crippen LogP contribution in [0.4, 0.5) is 0 Å². The lowest BCUT2D eigenvalue weighted by molar-refractivity contribution is 0.729. The average molecular weight is 282 g/mol. The van der Waals surface area contributed by atoms with Crippen molar-refractivity contribution >= 4 is 28.5 Å². The van der Waals surface area contributed by atoms with Crippen molar-refractivity contribution in [1.82, 2.24) is 24.4 Å². The summed E-state index contributed by atoms with van der Waals surface area (Å²) in [6.07, 6.45) is 3.42. The van der Waals surface area contributed by atoms with Gasteiger partial charge in [-0.05, 0) is 24.6 Å². The van der Waals surface area contributed by atoms with E-state index in [4.69, 9.17) is 11.6 Å². The smallest absolute Gasteiger partial charge is 0.276 e. The van der Waals surface area contributed by atoms with E-state index in [2.05, 4.69) is 15.3 Å². The van der Waals surface area contributed by atoms with Crippen LogP contribution in [0.15, 0.2) is 23.3 Å². The van der Waals surface area contributed by atoms with E-state index in [0.29, 0.717) is 21.5 Å². The molecule has 0 aromatic carbocycles. The molecule has 0 N–H and O–H groups in total. The van der Waals surface area contributed by atoms with Gasteiger partial charge in [-0.3, -0.25) is 4.79 Å². The summed E-state index contributed by atoms with van der Waals surface area (Å²) in [5.41, 5.74) is 1.25. The van der Waals surface area contributed by atoms with Gasteiger partial charge in [0.1, 0.15) is 10.5 Å². The third-order valence-electron chi connectivity index (χ3n) is 2.47. The van der Waals surface area contributed by atoms with E-state index in [1.54, 1.807) is 27.5 Å². The maximum Gasteiger partial charge on any atom is 0.276 e. The van der Waals surface area contributed by atoms with Gasteiger partial charge in [-0.25, -0.2) is 4.52 Å². The first-order chi connectivity index (χ1) is 8.63. The fraction of sp³-hybridized carbons (Fsp3) is 0.200. The van der Waals surface area contributed by atoms with E-state index in [1.165, 1.54) is 11.3 Å². The third-order valence-corrected chi connectivity index (χ3v) is 3.48. The first-order valence-electron chi connectivity index (χ1n) is 5.17. The van der Waals surface area contributed by atoms with Crippen LogP contribution >= 0.6 is 22.9 Å². The maximum atomic E-state index is 12.2. The van der Waals surface area contributed by atoms with Crippen molar-refractivity contribution in [3.63, 3.8) is 0 Å². The van der Waals surface area contributed by atoms with Crippen molar-refractivity contribution in [2.24, 2.45) is 0 Å². The van der Waals surface area contributed by atoms with Gasteiger partial charge in [0.15, 0.2) is 0 Å². The monoisotopic (exact) mass is 281 g/mol. The number of halogens is 1. The second kappa shape index (κ2) is 4.18. The van der Waals surface area contributed by atoms with Crippen LogP contribution < -0.4 is 5.56 Å². The van der Waals surface area contributed by atoms with E-state index in [-0.39, 0.29) is 5.56 Å². The van der Waals surface area contributed by atoms with E-state index in [9.17, 15) is 4.79 Å². The Labute approximate surface area is 110 Å². The second-order valence-electron chi connectivity index (χ2n) is 3.80. The Kier molecular flexibility index (Phi) is 2.64. The molecule has 0 aliphatic rings. The maximum absolute atomic E-state index is 12.2. The summed E-state index contributed by atoms with van der Waals surface area (Å²) in [5.74, 6) is 0. The zero-order chi connectivity index (χ0) is 12.7. The zero-order valence-electron chi connectivity index (χ0n) is 9.37. The van der Waals surface area contributed by atoms with Crippen LogP contribution in [0, 0.1) is 6.92 Å². The number of fused-ring (bicyclic) bond motifs is 1. The molecule has 0 radical (unpaired) electrons. The molecule has 0 aliphatic heterocycles. The molecule has 0 saturated heterocycles. The van der Waals surface area contributed by atoms with Gasteiger partial charge < -0.3 is 4.57 Å². The van der Waals surface area contributed by atoms with Crippen LogP contribution in [-0.4, -0.2) is 24.4 Å². The molecule has 0 unspecified atom stereocenters. The molecule has 0 aliphatic carbocycles. The zero-order valence-corrected chi connectivity index (χ0v) is 10.9. The van der Waals surface area contributed by atoms with Crippen molar-refractivity contribution in [3.8, 4) is 0 Å². The number of aryl methyl sites for hydroxylation is 1. The Morgan fingerprint density at radius 1 is 1.39 bits per heavy atom. The van der Waals surface area contributed by atoms with Gasteiger partial charge >= 0.3 is 0 Å². The minimum Gasteiger partial charge on any atom is -0.305 e. The number of hydrogen-bond acceptors (Lipinski definition) is 5. The van der Waals surface area contributed by atoms with E-state index in [1.807, 2.05) is 6.92 Å². The molecule has 0 amide bonds. The number of nitrogens with zero attached hydrogens (tertiary/aromatic N) is 5. The van der Waals surface area contributed by atoms with Crippen molar-refractivity contribution < 1.29 is 0 Å². The highest BCUT2D eigenvalue weighted by Gasteiger charge is 2.08. The van der Waals surface area contributed by atoms with Crippen LogP contribution in [0.3, 0.4) is 0 Å². The van der Waals surface area contributed by atoms with Crippen molar-refractivity contribution in [3.05, 3.63) is 44.0 Å². The topological polar surface area (TPSA) is 65.1 Å². The van der Waals surface area contributed by atoms with E-state index < -0.39 is 0 Å². The van der Waals surface area contributed by atoms with Crippen LogP contribution in [0.1, 0.15) is 10.7 Å². The standard InChI is InChI=1S/C10H8ClN5OS/c1-6-4-7-9(17)15(2-3-16(7)14-6)5-8-12-13-10(11)18-8/h2-4H,5H2,1H3. The molecule has 3 rings (SSSR count). The number of rotatable bonds is 2. The van der Waals surface area contributed by atoms with Crippen LogP contribution in [0.2, 0.25) is 4.47 Å². The molecule has 0 saturated carbocycles. The molecule has 18 heavy (non-hydrogen) atoms. The van der Waals surface area contributed by atoms with Crippen molar-refractivity contribution in [2.75, 3.05) is 0 Å². The Hall–Kier alpha value is -1.73. The summed E-state index contributed by atoms with van der Waals surface area (Å²) < 4.78 is 3.51. The normalized spacial score (nSPS) is 11.2. The molecular weight excluding hydrogens is 274 g/mol.